The predicted octanol–water partition coefficient (Wildman–Crippen LogP) is 3.41. The van der Waals surface area contributed by atoms with Gasteiger partial charge in [0.05, 0.1) is 25.4 Å². The van der Waals surface area contributed by atoms with E-state index in [1.54, 1.807) is 0 Å². The molecule has 104 valence electrons. The standard InChI is InChI=1S/C15H26O3/c1-2-4-6-13(5-3-1)18-14-7-9-15(10-8-14)16-11-12-17-15/h13-14H,1-12H2. The first-order valence-electron chi connectivity index (χ1n) is 7.80. The van der Waals surface area contributed by atoms with Crippen molar-refractivity contribution in [3.63, 3.8) is 0 Å². The summed E-state index contributed by atoms with van der Waals surface area (Å²) in [7, 11) is 0. The molecule has 2 saturated carbocycles. The molecule has 0 radical (unpaired) electrons. The SMILES string of the molecule is C1CCCC(OC2CCC3(CC2)OCCO3)CC1. The van der Waals surface area contributed by atoms with Crippen LogP contribution in [0.25, 0.3) is 0 Å². The van der Waals surface area contributed by atoms with Crippen molar-refractivity contribution in [3.8, 4) is 0 Å². The molecule has 2 aliphatic carbocycles. The molecule has 0 aromatic heterocycles. The summed E-state index contributed by atoms with van der Waals surface area (Å²) < 4.78 is 17.8. The summed E-state index contributed by atoms with van der Waals surface area (Å²) in [6.45, 7) is 1.54. The van der Waals surface area contributed by atoms with Crippen LogP contribution in [0.15, 0.2) is 0 Å². The summed E-state index contributed by atoms with van der Waals surface area (Å²) >= 11 is 0. The van der Waals surface area contributed by atoms with E-state index in [0.29, 0.717) is 12.2 Å². The molecule has 3 rings (SSSR count). The van der Waals surface area contributed by atoms with Gasteiger partial charge in [-0.05, 0) is 25.7 Å². The summed E-state index contributed by atoms with van der Waals surface area (Å²) in [6.07, 6.45) is 13.3. The zero-order valence-electron chi connectivity index (χ0n) is 11.4. The molecule has 3 fully saturated rings. The zero-order chi connectivity index (χ0) is 12.3. The molecule has 0 unspecified atom stereocenters. The van der Waals surface area contributed by atoms with Crippen LogP contribution in [0.2, 0.25) is 0 Å². The van der Waals surface area contributed by atoms with Gasteiger partial charge in [-0.25, -0.2) is 0 Å². The molecule has 0 aromatic carbocycles. The highest BCUT2D eigenvalue weighted by Crippen LogP contribution is 2.37. The monoisotopic (exact) mass is 254 g/mol. The highest BCUT2D eigenvalue weighted by atomic mass is 16.7. The van der Waals surface area contributed by atoms with E-state index in [0.717, 1.165) is 38.9 Å². The molecular formula is C15H26O3. The van der Waals surface area contributed by atoms with Crippen molar-refractivity contribution in [1.82, 2.24) is 0 Å². The smallest absolute Gasteiger partial charge is 0.168 e. The van der Waals surface area contributed by atoms with Gasteiger partial charge in [0.15, 0.2) is 5.79 Å². The molecule has 3 aliphatic rings. The molecular weight excluding hydrogens is 228 g/mol. The van der Waals surface area contributed by atoms with Gasteiger partial charge in [0.2, 0.25) is 0 Å². The molecule has 0 atom stereocenters. The van der Waals surface area contributed by atoms with Crippen LogP contribution in [0.4, 0.5) is 0 Å². The van der Waals surface area contributed by atoms with Crippen molar-refractivity contribution >= 4 is 0 Å². The Hall–Kier alpha value is -0.120. The second kappa shape index (κ2) is 5.89. The Kier molecular flexibility index (Phi) is 4.22. The normalized spacial score (nSPS) is 30.7. The summed E-state index contributed by atoms with van der Waals surface area (Å²) in [5, 5.41) is 0. The minimum Gasteiger partial charge on any atom is -0.375 e. The van der Waals surface area contributed by atoms with Crippen LogP contribution in [0.5, 0.6) is 0 Å². The first-order chi connectivity index (χ1) is 8.86. The van der Waals surface area contributed by atoms with Gasteiger partial charge in [-0.2, -0.15) is 0 Å². The molecule has 1 heterocycles. The maximum atomic E-state index is 6.30. The average molecular weight is 254 g/mol. The van der Waals surface area contributed by atoms with Crippen LogP contribution >= 0.6 is 0 Å². The lowest BCUT2D eigenvalue weighted by molar-refractivity contribution is -0.196. The predicted molar refractivity (Wildman–Crippen MR) is 69.5 cm³/mol. The Morgan fingerprint density at radius 3 is 1.89 bits per heavy atom. The highest BCUT2D eigenvalue weighted by Gasteiger charge is 2.40. The summed E-state index contributed by atoms with van der Waals surface area (Å²) in [5.41, 5.74) is 0. The van der Waals surface area contributed by atoms with Crippen molar-refractivity contribution in [1.29, 1.82) is 0 Å². The Bertz CT molecular complexity index is 242. The van der Waals surface area contributed by atoms with Crippen molar-refractivity contribution in [2.75, 3.05) is 13.2 Å². The van der Waals surface area contributed by atoms with Gasteiger partial charge in [-0.1, -0.05) is 25.7 Å². The topological polar surface area (TPSA) is 27.7 Å². The Morgan fingerprint density at radius 2 is 1.28 bits per heavy atom. The van der Waals surface area contributed by atoms with Gasteiger partial charge in [0, 0.05) is 12.8 Å². The van der Waals surface area contributed by atoms with E-state index in [2.05, 4.69) is 0 Å². The van der Waals surface area contributed by atoms with Crippen LogP contribution in [-0.2, 0) is 14.2 Å². The summed E-state index contributed by atoms with van der Waals surface area (Å²) in [5.74, 6) is -0.233. The highest BCUT2D eigenvalue weighted by molar-refractivity contribution is 4.83. The summed E-state index contributed by atoms with van der Waals surface area (Å²) in [6, 6.07) is 0. The average Bonchev–Trinajstić information content (AvgIpc) is 2.69. The third kappa shape index (κ3) is 3.06. The van der Waals surface area contributed by atoms with Gasteiger partial charge < -0.3 is 14.2 Å². The van der Waals surface area contributed by atoms with E-state index in [1.807, 2.05) is 0 Å². The number of rotatable bonds is 2. The van der Waals surface area contributed by atoms with Crippen molar-refractivity contribution in [2.45, 2.75) is 82.2 Å². The van der Waals surface area contributed by atoms with Crippen LogP contribution in [0, 0.1) is 0 Å². The molecule has 1 saturated heterocycles. The largest absolute Gasteiger partial charge is 0.375 e. The van der Waals surface area contributed by atoms with Crippen molar-refractivity contribution in [3.05, 3.63) is 0 Å². The fourth-order valence-corrected chi connectivity index (χ4v) is 3.60. The summed E-state index contributed by atoms with van der Waals surface area (Å²) in [4.78, 5) is 0. The number of ether oxygens (including phenoxy) is 3. The van der Waals surface area contributed by atoms with E-state index in [4.69, 9.17) is 14.2 Å². The van der Waals surface area contributed by atoms with E-state index < -0.39 is 0 Å². The minimum absolute atomic E-state index is 0.233. The third-order valence-electron chi connectivity index (χ3n) is 4.70. The second-order valence-corrected chi connectivity index (χ2v) is 6.06. The molecule has 1 spiro atoms. The van der Waals surface area contributed by atoms with Gasteiger partial charge in [0.1, 0.15) is 0 Å². The quantitative estimate of drug-likeness (QED) is 0.707. The van der Waals surface area contributed by atoms with E-state index in [9.17, 15) is 0 Å². The maximum absolute atomic E-state index is 6.30. The molecule has 3 nitrogen and oxygen atoms in total. The maximum Gasteiger partial charge on any atom is 0.168 e. The van der Waals surface area contributed by atoms with Crippen LogP contribution in [-0.4, -0.2) is 31.2 Å². The molecule has 0 aromatic rings. The van der Waals surface area contributed by atoms with Crippen LogP contribution in [0.3, 0.4) is 0 Å². The molecule has 0 N–H and O–H groups in total. The second-order valence-electron chi connectivity index (χ2n) is 6.06. The lowest BCUT2D eigenvalue weighted by Crippen LogP contribution is -2.38. The van der Waals surface area contributed by atoms with Gasteiger partial charge in [-0.3, -0.25) is 0 Å². The van der Waals surface area contributed by atoms with Gasteiger partial charge >= 0.3 is 0 Å². The minimum atomic E-state index is -0.233. The molecule has 0 amide bonds. The van der Waals surface area contributed by atoms with Gasteiger partial charge in [0.25, 0.3) is 0 Å². The molecule has 18 heavy (non-hydrogen) atoms. The Balaban J connectivity index is 1.44. The van der Waals surface area contributed by atoms with Crippen molar-refractivity contribution in [2.24, 2.45) is 0 Å². The van der Waals surface area contributed by atoms with E-state index in [1.165, 1.54) is 38.5 Å². The lowest BCUT2D eigenvalue weighted by Gasteiger charge is -2.36. The number of hydrogen-bond donors (Lipinski definition) is 0. The molecule has 3 heteroatoms. The zero-order valence-corrected chi connectivity index (χ0v) is 11.4. The van der Waals surface area contributed by atoms with Crippen molar-refractivity contribution < 1.29 is 14.2 Å². The van der Waals surface area contributed by atoms with Crippen LogP contribution in [0.1, 0.15) is 64.2 Å². The fraction of sp³-hybridized carbons (Fsp3) is 1.00. The Morgan fingerprint density at radius 1 is 0.722 bits per heavy atom. The first-order valence-corrected chi connectivity index (χ1v) is 7.80. The Labute approximate surface area is 110 Å². The first kappa shape index (κ1) is 12.9. The molecule has 1 aliphatic heterocycles. The van der Waals surface area contributed by atoms with E-state index in [-0.39, 0.29) is 5.79 Å². The third-order valence-corrected chi connectivity index (χ3v) is 4.70. The molecule has 0 bridgehead atoms. The fourth-order valence-electron chi connectivity index (χ4n) is 3.60. The van der Waals surface area contributed by atoms with Gasteiger partial charge in [-0.15, -0.1) is 0 Å². The number of hydrogen-bond acceptors (Lipinski definition) is 3. The van der Waals surface area contributed by atoms with Crippen LogP contribution < -0.4 is 0 Å². The lowest BCUT2D eigenvalue weighted by atomic mass is 9.91. The van der Waals surface area contributed by atoms with E-state index >= 15 is 0 Å².